The van der Waals surface area contributed by atoms with Crippen molar-refractivity contribution in [2.75, 3.05) is 18.4 Å². The number of anilines is 1. The predicted molar refractivity (Wildman–Crippen MR) is 115 cm³/mol. The number of ether oxygens (including phenoxy) is 2. The van der Waals surface area contributed by atoms with Gasteiger partial charge in [0, 0.05) is 19.4 Å². The molecule has 188 valence electrons. The Hall–Kier alpha value is -3.12. The Morgan fingerprint density at radius 3 is 2.47 bits per heavy atom. The normalized spacial score (nSPS) is 19.4. The molecule has 1 amide bonds. The van der Waals surface area contributed by atoms with Crippen molar-refractivity contribution in [1.29, 1.82) is 0 Å². The molecule has 10 nitrogen and oxygen atoms in total. The highest BCUT2D eigenvalue weighted by molar-refractivity contribution is 5.69. The number of alkyl halides is 3. The van der Waals surface area contributed by atoms with Crippen molar-refractivity contribution in [1.82, 2.24) is 24.5 Å². The van der Waals surface area contributed by atoms with Crippen molar-refractivity contribution in [2.24, 2.45) is 0 Å². The highest BCUT2D eigenvalue weighted by Gasteiger charge is 2.39. The van der Waals surface area contributed by atoms with Gasteiger partial charge >= 0.3 is 18.2 Å². The lowest BCUT2D eigenvalue weighted by atomic mass is 10.0. The fourth-order valence-electron chi connectivity index (χ4n) is 3.63. The van der Waals surface area contributed by atoms with Gasteiger partial charge in [-0.25, -0.2) is 19.3 Å². The van der Waals surface area contributed by atoms with Gasteiger partial charge in [-0.15, -0.1) is 5.10 Å². The number of nitrogens with one attached hydrogen (secondary N) is 1. The zero-order chi connectivity index (χ0) is 25.4. The first-order valence-electron chi connectivity index (χ1n) is 10.9. The van der Waals surface area contributed by atoms with E-state index in [4.69, 9.17) is 9.47 Å². The van der Waals surface area contributed by atoms with Crippen molar-refractivity contribution < 1.29 is 32.2 Å². The summed E-state index contributed by atoms with van der Waals surface area (Å²) in [5, 5.41) is 7.27. The molecular formula is C21H29F3N6O4. The van der Waals surface area contributed by atoms with Gasteiger partial charge in [0.05, 0.1) is 18.8 Å². The zero-order valence-corrected chi connectivity index (χ0v) is 19.9. The van der Waals surface area contributed by atoms with Crippen molar-refractivity contribution >= 4 is 23.5 Å². The lowest BCUT2D eigenvalue weighted by molar-refractivity contribution is -0.149. The van der Waals surface area contributed by atoms with Gasteiger partial charge in [0.25, 0.3) is 0 Å². The number of carbonyl (C=O) groups is 2. The second kappa shape index (κ2) is 9.26. The largest absolute Gasteiger partial charge is 0.458 e. The molecule has 1 fully saturated rings. The Morgan fingerprint density at radius 2 is 1.91 bits per heavy atom. The maximum atomic E-state index is 13.4. The number of esters is 1. The molecule has 3 heterocycles. The number of carbonyl (C=O) groups excluding carboxylic acids is 2. The van der Waals surface area contributed by atoms with Crippen molar-refractivity contribution in [2.45, 2.75) is 77.8 Å². The van der Waals surface area contributed by atoms with E-state index in [0.29, 0.717) is 13.0 Å². The Labute approximate surface area is 194 Å². The minimum atomic E-state index is -4.65. The average Bonchev–Trinajstić information content (AvgIpc) is 3.07. The molecular weight excluding hydrogens is 457 g/mol. The van der Waals surface area contributed by atoms with E-state index < -0.39 is 41.7 Å². The minimum absolute atomic E-state index is 0.0494. The fraction of sp³-hybridized carbons (Fsp3) is 0.667. The van der Waals surface area contributed by atoms with Crippen LogP contribution in [-0.2, 0) is 20.4 Å². The number of nitrogens with zero attached hydrogens (tertiary/aromatic N) is 5. The molecule has 34 heavy (non-hydrogen) atoms. The molecule has 0 spiro atoms. The lowest BCUT2D eigenvalue weighted by Gasteiger charge is -2.38. The van der Waals surface area contributed by atoms with E-state index in [0.717, 1.165) is 10.7 Å². The van der Waals surface area contributed by atoms with Crippen LogP contribution < -0.4 is 5.32 Å². The predicted octanol–water partition coefficient (Wildman–Crippen LogP) is 3.62. The second-order valence-corrected chi connectivity index (χ2v) is 9.46. The summed E-state index contributed by atoms with van der Waals surface area (Å²) in [5.41, 5.74) is -1.98. The summed E-state index contributed by atoms with van der Waals surface area (Å²) in [4.78, 5) is 33.4. The van der Waals surface area contributed by atoms with E-state index in [1.165, 1.54) is 11.8 Å². The Morgan fingerprint density at radius 1 is 1.24 bits per heavy atom. The van der Waals surface area contributed by atoms with Crippen LogP contribution in [0, 0.1) is 0 Å². The molecule has 0 aliphatic carbocycles. The molecule has 1 aliphatic rings. The Bertz CT molecular complexity index is 1060. The SMILES string of the molecule is CC(=O)O[C@@H]1CN(C(=O)OC(C)(C)C)CC[C@H]1Nc1ncc2c(C(F)(F)F)nc(C(C)C)n2n1. The van der Waals surface area contributed by atoms with Crippen molar-refractivity contribution in [3.8, 4) is 0 Å². The molecule has 13 heteroatoms. The topological polar surface area (TPSA) is 111 Å². The number of rotatable bonds is 4. The molecule has 0 radical (unpaired) electrons. The average molecular weight is 486 g/mol. The number of aromatic nitrogens is 4. The summed E-state index contributed by atoms with van der Waals surface area (Å²) < 4.78 is 52.2. The summed E-state index contributed by atoms with van der Waals surface area (Å²) in [6, 6.07) is -0.479. The van der Waals surface area contributed by atoms with Gasteiger partial charge in [0.1, 0.15) is 23.0 Å². The number of piperidine rings is 1. The number of halogens is 3. The first kappa shape index (κ1) is 25.5. The van der Waals surface area contributed by atoms with Crippen LogP contribution in [0.3, 0.4) is 0 Å². The van der Waals surface area contributed by atoms with Gasteiger partial charge in [-0.1, -0.05) is 13.8 Å². The molecule has 3 rings (SSSR count). The Balaban J connectivity index is 1.85. The molecule has 2 aromatic heterocycles. The van der Waals surface area contributed by atoms with Crippen LogP contribution >= 0.6 is 0 Å². The molecule has 0 bridgehead atoms. The first-order chi connectivity index (χ1) is 15.7. The standard InChI is InChI=1S/C21H29F3N6O4/c1-11(2)17-27-16(21(22,23)24)14-9-25-18(28-30(14)17)26-13-7-8-29(10-15(13)33-12(3)31)19(32)34-20(4,5)6/h9,11,13,15H,7-8,10H2,1-6H3,(H,26,28)/t13-,15-/m1/s1. The highest BCUT2D eigenvalue weighted by Crippen LogP contribution is 2.33. The van der Waals surface area contributed by atoms with E-state index in [1.807, 2.05) is 0 Å². The molecule has 1 N–H and O–H groups in total. The second-order valence-electron chi connectivity index (χ2n) is 9.46. The smallest absolute Gasteiger partial charge is 0.435 e. The number of amides is 1. The summed E-state index contributed by atoms with van der Waals surface area (Å²) in [6.45, 7) is 10.3. The molecule has 0 unspecified atom stereocenters. The van der Waals surface area contributed by atoms with E-state index >= 15 is 0 Å². The number of imidazole rings is 1. The number of hydrogen-bond acceptors (Lipinski definition) is 8. The molecule has 1 saturated heterocycles. The Kier molecular flexibility index (Phi) is 6.94. The summed E-state index contributed by atoms with van der Waals surface area (Å²) in [7, 11) is 0. The minimum Gasteiger partial charge on any atom is -0.458 e. The monoisotopic (exact) mass is 486 g/mol. The molecule has 0 saturated carbocycles. The van der Waals surface area contributed by atoms with E-state index in [9.17, 15) is 22.8 Å². The zero-order valence-electron chi connectivity index (χ0n) is 19.9. The van der Waals surface area contributed by atoms with Gasteiger partial charge in [-0.05, 0) is 27.2 Å². The summed E-state index contributed by atoms with van der Waals surface area (Å²) >= 11 is 0. The van der Waals surface area contributed by atoms with Gasteiger partial charge in [-0.2, -0.15) is 13.2 Å². The molecule has 0 aromatic carbocycles. The fourth-order valence-corrected chi connectivity index (χ4v) is 3.63. The van der Waals surface area contributed by atoms with E-state index in [1.54, 1.807) is 34.6 Å². The van der Waals surface area contributed by atoms with Crippen LogP contribution in [0.25, 0.3) is 5.52 Å². The number of hydrogen-bond donors (Lipinski definition) is 1. The van der Waals surface area contributed by atoms with Crippen LogP contribution in [0.15, 0.2) is 6.20 Å². The molecule has 2 atom stereocenters. The lowest BCUT2D eigenvalue weighted by Crippen LogP contribution is -2.54. The van der Waals surface area contributed by atoms with Crippen LogP contribution in [-0.4, -0.2) is 67.4 Å². The highest BCUT2D eigenvalue weighted by atomic mass is 19.4. The quantitative estimate of drug-likeness (QED) is 0.653. The van der Waals surface area contributed by atoms with Crippen molar-refractivity contribution in [3.05, 3.63) is 17.7 Å². The van der Waals surface area contributed by atoms with E-state index in [-0.39, 0.29) is 29.8 Å². The van der Waals surface area contributed by atoms with Gasteiger partial charge in [0.15, 0.2) is 5.69 Å². The van der Waals surface area contributed by atoms with Crippen molar-refractivity contribution in [3.63, 3.8) is 0 Å². The van der Waals surface area contributed by atoms with Crippen LogP contribution in [0.2, 0.25) is 0 Å². The van der Waals surface area contributed by atoms with Gasteiger partial charge in [-0.3, -0.25) is 4.79 Å². The molecule has 1 aliphatic heterocycles. The third-order valence-electron chi connectivity index (χ3n) is 5.05. The maximum absolute atomic E-state index is 13.4. The third-order valence-corrected chi connectivity index (χ3v) is 5.05. The van der Waals surface area contributed by atoms with Gasteiger partial charge in [0.2, 0.25) is 5.95 Å². The van der Waals surface area contributed by atoms with Crippen LogP contribution in [0.4, 0.5) is 23.9 Å². The maximum Gasteiger partial charge on any atom is 0.435 e. The summed E-state index contributed by atoms with van der Waals surface area (Å²) in [5.74, 6) is -0.666. The number of likely N-dealkylation sites (tertiary alicyclic amines) is 1. The first-order valence-corrected chi connectivity index (χ1v) is 10.9. The molecule has 2 aromatic rings. The third kappa shape index (κ3) is 5.86. The van der Waals surface area contributed by atoms with Crippen LogP contribution in [0.5, 0.6) is 0 Å². The van der Waals surface area contributed by atoms with Gasteiger partial charge < -0.3 is 19.7 Å². The van der Waals surface area contributed by atoms with Crippen LogP contribution in [0.1, 0.15) is 65.4 Å². The van der Waals surface area contributed by atoms with E-state index in [2.05, 4.69) is 20.4 Å². The number of fused-ring (bicyclic) bond motifs is 1. The summed E-state index contributed by atoms with van der Waals surface area (Å²) in [6.07, 6.45) is -4.48.